The lowest BCUT2D eigenvalue weighted by Gasteiger charge is -2.16. The van der Waals surface area contributed by atoms with Gasteiger partial charge in [0, 0.05) is 6.54 Å². The second-order valence-electron chi connectivity index (χ2n) is 5.05. The molecule has 0 saturated heterocycles. The van der Waals surface area contributed by atoms with Gasteiger partial charge in [0.15, 0.2) is 0 Å². The van der Waals surface area contributed by atoms with Gasteiger partial charge < -0.3 is 10.7 Å². The van der Waals surface area contributed by atoms with Gasteiger partial charge in [0.25, 0.3) is 5.69 Å². The van der Waals surface area contributed by atoms with Crippen molar-refractivity contribution in [3.8, 4) is 0 Å². The first kappa shape index (κ1) is 13.5. The number of nitrogens with two attached hydrogens (primary N) is 1. The van der Waals surface area contributed by atoms with E-state index in [-0.39, 0.29) is 11.5 Å². The molecular formula is C12H19N5O2. The predicted octanol–water partition coefficient (Wildman–Crippen LogP) is 2.12. The molecule has 0 spiro atoms. The van der Waals surface area contributed by atoms with Crippen molar-refractivity contribution < 1.29 is 4.92 Å². The van der Waals surface area contributed by atoms with Crippen LogP contribution in [0.5, 0.6) is 0 Å². The highest BCUT2D eigenvalue weighted by atomic mass is 16.6. The number of nitrogens with one attached hydrogen (secondary N) is 2. The Kier molecular flexibility index (Phi) is 4.16. The van der Waals surface area contributed by atoms with Crippen LogP contribution in [-0.2, 0) is 0 Å². The van der Waals surface area contributed by atoms with Crippen molar-refractivity contribution in [2.45, 2.75) is 26.2 Å². The number of hydrazine groups is 1. The predicted molar refractivity (Wildman–Crippen MR) is 73.7 cm³/mol. The van der Waals surface area contributed by atoms with E-state index in [1.165, 1.54) is 31.4 Å². The van der Waals surface area contributed by atoms with E-state index in [9.17, 15) is 10.1 Å². The lowest BCUT2D eigenvalue weighted by molar-refractivity contribution is -0.384. The van der Waals surface area contributed by atoms with Gasteiger partial charge in [0.2, 0.25) is 0 Å². The number of rotatable bonds is 5. The zero-order valence-corrected chi connectivity index (χ0v) is 10.9. The smallest absolute Gasteiger partial charge is 0.276 e. The Morgan fingerprint density at radius 3 is 2.79 bits per heavy atom. The Morgan fingerprint density at radius 2 is 2.21 bits per heavy atom. The number of aromatic nitrogens is 1. The zero-order chi connectivity index (χ0) is 13.8. The quantitative estimate of drug-likeness (QED) is 0.428. The van der Waals surface area contributed by atoms with Gasteiger partial charge in [-0.15, -0.1) is 0 Å². The topological polar surface area (TPSA) is 106 Å². The highest BCUT2D eigenvalue weighted by Gasteiger charge is 2.23. The molecule has 1 aliphatic carbocycles. The molecule has 19 heavy (non-hydrogen) atoms. The number of hydrogen-bond donors (Lipinski definition) is 3. The normalized spacial score (nSPS) is 22.2. The first-order valence-electron chi connectivity index (χ1n) is 6.47. The van der Waals surface area contributed by atoms with Gasteiger partial charge in [-0.2, -0.15) is 0 Å². The summed E-state index contributed by atoms with van der Waals surface area (Å²) in [5.74, 6) is 7.34. The number of pyridine rings is 1. The van der Waals surface area contributed by atoms with Gasteiger partial charge in [0.1, 0.15) is 11.6 Å². The first-order chi connectivity index (χ1) is 9.10. The van der Waals surface area contributed by atoms with Crippen LogP contribution in [0, 0.1) is 22.0 Å². The van der Waals surface area contributed by atoms with Crippen molar-refractivity contribution >= 4 is 17.3 Å². The lowest BCUT2D eigenvalue weighted by Crippen LogP contribution is -2.18. The third kappa shape index (κ3) is 3.31. The SMILES string of the molecule is CC1CCCC1CNc1cc([N+](=O)[O-])cc(NN)n1. The van der Waals surface area contributed by atoms with Crippen LogP contribution in [0.4, 0.5) is 17.3 Å². The van der Waals surface area contributed by atoms with E-state index in [0.717, 1.165) is 6.54 Å². The summed E-state index contributed by atoms with van der Waals surface area (Å²) in [5.41, 5.74) is 2.32. The number of nitro groups is 1. The molecule has 0 bridgehead atoms. The van der Waals surface area contributed by atoms with Crippen molar-refractivity contribution in [3.63, 3.8) is 0 Å². The molecule has 1 saturated carbocycles. The molecular weight excluding hydrogens is 246 g/mol. The van der Waals surface area contributed by atoms with Gasteiger partial charge in [0.05, 0.1) is 17.1 Å². The van der Waals surface area contributed by atoms with Crippen LogP contribution in [0.3, 0.4) is 0 Å². The number of nitrogens with zero attached hydrogens (tertiary/aromatic N) is 2. The molecule has 0 aliphatic heterocycles. The molecule has 1 aromatic rings. The average molecular weight is 265 g/mol. The van der Waals surface area contributed by atoms with Crippen LogP contribution in [0.15, 0.2) is 12.1 Å². The minimum atomic E-state index is -0.452. The van der Waals surface area contributed by atoms with Crippen LogP contribution in [-0.4, -0.2) is 16.5 Å². The molecule has 2 atom stereocenters. The van der Waals surface area contributed by atoms with E-state index in [1.807, 2.05) is 0 Å². The Morgan fingerprint density at radius 1 is 1.47 bits per heavy atom. The molecule has 0 amide bonds. The van der Waals surface area contributed by atoms with Crippen LogP contribution in [0.2, 0.25) is 0 Å². The Balaban J connectivity index is 2.06. The van der Waals surface area contributed by atoms with Crippen LogP contribution < -0.4 is 16.6 Å². The highest BCUT2D eigenvalue weighted by Crippen LogP contribution is 2.31. The number of hydrogen-bond acceptors (Lipinski definition) is 6. The molecule has 1 heterocycles. The summed E-state index contributed by atoms with van der Waals surface area (Å²) in [6, 6.07) is 2.74. The summed E-state index contributed by atoms with van der Waals surface area (Å²) < 4.78 is 0. The van der Waals surface area contributed by atoms with Crippen molar-refractivity contribution in [2.24, 2.45) is 17.7 Å². The van der Waals surface area contributed by atoms with Gasteiger partial charge in [-0.3, -0.25) is 10.1 Å². The maximum Gasteiger partial charge on any atom is 0.276 e. The van der Waals surface area contributed by atoms with E-state index in [2.05, 4.69) is 22.7 Å². The van der Waals surface area contributed by atoms with Crippen molar-refractivity contribution in [1.29, 1.82) is 0 Å². The molecule has 7 nitrogen and oxygen atoms in total. The van der Waals surface area contributed by atoms with Gasteiger partial charge in [-0.05, 0) is 18.3 Å². The minimum absolute atomic E-state index is 0.0232. The summed E-state index contributed by atoms with van der Waals surface area (Å²) in [7, 11) is 0. The lowest BCUT2D eigenvalue weighted by atomic mass is 9.98. The molecule has 2 rings (SSSR count). The van der Waals surface area contributed by atoms with E-state index in [1.54, 1.807) is 0 Å². The molecule has 2 unspecified atom stereocenters. The Hall–Kier alpha value is -1.89. The largest absolute Gasteiger partial charge is 0.370 e. The van der Waals surface area contributed by atoms with E-state index < -0.39 is 4.92 Å². The molecule has 104 valence electrons. The third-order valence-corrected chi connectivity index (χ3v) is 3.75. The third-order valence-electron chi connectivity index (χ3n) is 3.75. The second-order valence-corrected chi connectivity index (χ2v) is 5.05. The molecule has 0 aromatic carbocycles. The summed E-state index contributed by atoms with van der Waals surface area (Å²) in [4.78, 5) is 14.5. The molecule has 1 fully saturated rings. The van der Waals surface area contributed by atoms with Crippen molar-refractivity contribution in [1.82, 2.24) is 4.98 Å². The van der Waals surface area contributed by atoms with Crippen molar-refractivity contribution in [3.05, 3.63) is 22.2 Å². The van der Waals surface area contributed by atoms with Gasteiger partial charge in [-0.25, -0.2) is 10.8 Å². The molecule has 4 N–H and O–H groups in total. The monoisotopic (exact) mass is 265 g/mol. The van der Waals surface area contributed by atoms with Gasteiger partial charge >= 0.3 is 0 Å². The molecule has 0 radical (unpaired) electrons. The minimum Gasteiger partial charge on any atom is -0.370 e. The fraction of sp³-hybridized carbons (Fsp3) is 0.583. The highest BCUT2D eigenvalue weighted by molar-refractivity contribution is 5.54. The van der Waals surface area contributed by atoms with Gasteiger partial charge in [-0.1, -0.05) is 19.8 Å². The number of anilines is 2. The fourth-order valence-corrected chi connectivity index (χ4v) is 2.55. The second kappa shape index (κ2) is 5.83. The molecule has 1 aromatic heterocycles. The molecule has 7 heteroatoms. The maximum atomic E-state index is 10.8. The van der Waals surface area contributed by atoms with E-state index in [4.69, 9.17) is 5.84 Å². The summed E-state index contributed by atoms with van der Waals surface area (Å²) in [6.45, 7) is 3.03. The van der Waals surface area contributed by atoms with Crippen LogP contribution >= 0.6 is 0 Å². The Bertz CT molecular complexity index is 465. The zero-order valence-electron chi connectivity index (χ0n) is 10.9. The van der Waals surface area contributed by atoms with Crippen LogP contribution in [0.25, 0.3) is 0 Å². The van der Waals surface area contributed by atoms with Crippen LogP contribution in [0.1, 0.15) is 26.2 Å². The first-order valence-corrected chi connectivity index (χ1v) is 6.47. The standard InChI is InChI=1S/C12H19N5O2/c1-8-3-2-4-9(8)7-14-11-5-10(17(18)19)6-12(15-11)16-13/h5-6,8-9H,2-4,7,13H2,1H3,(H2,14,15,16). The summed E-state index contributed by atoms with van der Waals surface area (Å²) in [5, 5.41) is 14.0. The summed E-state index contributed by atoms with van der Waals surface area (Å²) >= 11 is 0. The average Bonchev–Trinajstić information content (AvgIpc) is 2.81. The Labute approximate surface area is 111 Å². The number of nitrogen functional groups attached to an aromatic ring is 1. The van der Waals surface area contributed by atoms with E-state index >= 15 is 0 Å². The molecule has 1 aliphatic rings. The summed E-state index contributed by atoms with van der Waals surface area (Å²) in [6.07, 6.45) is 3.71. The maximum absolute atomic E-state index is 10.8. The van der Waals surface area contributed by atoms with Crippen molar-refractivity contribution in [2.75, 3.05) is 17.3 Å². The van der Waals surface area contributed by atoms with E-state index in [0.29, 0.717) is 17.7 Å². The fourth-order valence-electron chi connectivity index (χ4n) is 2.55.